The van der Waals surface area contributed by atoms with Crippen LogP contribution in [0.25, 0.3) is 0 Å². The van der Waals surface area contributed by atoms with Gasteiger partial charge in [-0.15, -0.1) is 0 Å². The SMILES string of the molecule is O=S(=O)(CCN1CCNCC1)Nc1cc(F)ccc1Cl. The van der Waals surface area contributed by atoms with Crippen molar-refractivity contribution in [2.24, 2.45) is 0 Å². The van der Waals surface area contributed by atoms with E-state index in [9.17, 15) is 12.8 Å². The number of sulfonamides is 1. The molecule has 0 unspecified atom stereocenters. The van der Waals surface area contributed by atoms with Gasteiger partial charge < -0.3 is 5.32 Å². The van der Waals surface area contributed by atoms with E-state index < -0.39 is 15.8 Å². The third-order valence-corrected chi connectivity index (χ3v) is 4.66. The Bertz CT molecular complexity index is 562. The molecule has 0 spiro atoms. The van der Waals surface area contributed by atoms with Crippen molar-refractivity contribution >= 4 is 27.3 Å². The van der Waals surface area contributed by atoms with Gasteiger partial charge in [0.25, 0.3) is 0 Å². The van der Waals surface area contributed by atoms with Gasteiger partial charge in [0.2, 0.25) is 10.0 Å². The summed E-state index contributed by atoms with van der Waals surface area (Å²) in [6, 6.07) is 3.58. The second kappa shape index (κ2) is 6.71. The highest BCUT2D eigenvalue weighted by Gasteiger charge is 2.16. The van der Waals surface area contributed by atoms with Crippen LogP contribution < -0.4 is 10.0 Å². The van der Waals surface area contributed by atoms with Crippen molar-refractivity contribution in [3.05, 3.63) is 29.0 Å². The first kappa shape index (κ1) is 15.5. The van der Waals surface area contributed by atoms with Crippen LogP contribution >= 0.6 is 11.6 Å². The summed E-state index contributed by atoms with van der Waals surface area (Å²) < 4.78 is 39.4. The Morgan fingerprint density at radius 1 is 1.35 bits per heavy atom. The first-order valence-corrected chi connectivity index (χ1v) is 8.38. The largest absolute Gasteiger partial charge is 0.314 e. The number of nitrogens with one attached hydrogen (secondary N) is 2. The zero-order valence-corrected chi connectivity index (χ0v) is 12.5. The van der Waals surface area contributed by atoms with Crippen molar-refractivity contribution in [1.82, 2.24) is 10.2 Å². The molecule has 0 amide bonds. The molecule has 5 nitrogen and oxygen atoms in total. The highest BCUT2D eigenvalue weighted by molar-refractivity contribution is 7.92. The fourth-order valence-corrected chi connectivity index (χ4v) is 3.30. The van der Waals surface area contributed by atoms with Crippen LogP contribution in [-0.4, -0.2) is 51.8 Å². The highest BCUT2D eigenvalue weighted by Crippen LogP contribution is 2.23. The Morgan fingerprint density at radius 3 is 2.75 bits per heavy atom. The predicted molar refractivity (Wildman–Crippen MR) is 78.1 cm³/mol. The molecular weight excluding hydrogens is 305 g/mol. The molecule has 112 valence electrons. The molecule has 1 aliphatic rings. The first-order valence-electron chi connectivity index (χ1n) is 6.35. The standard InChI is InChI=1S/C12H17ClFN3O2S/c13-11-2-1-10(14)9-12(11)16-20(18,19)8-7-17-5-3-15-4-6-17/h1-2,9,15-16H,3-8H2. The highest BCUT2D eigenvalue weighted by atomic mass is 35.5. The fraction of sp³-hybridized carbons (Fsp3) is 0.500. The topological polar surface area (TPSA) is 61.4 Å². The van der Waals surface area contributed by atoms with Gasteiger partial charge in [-0.3, -0.25) is 9.62 Å². The zero-order chi connectivity index (χ0) is 14.6. The fourth-order valence-electron chi connectivity index (χ4n) is 1.98. The molecular formula is C12H17ClFN3O2S. The lowest BCUT2D eigenvalue weighted by Crippen LogP contribution is -2.45. The number of benzene rings is 1. The lowest BCUT2D eigenvalue weighted by atomic mass is 10.3. The van der Waals surface area contributed by atoms with E-state index in [4.69, 9.17) is 11.6 Å². The van der Waals surface area contributed by atoms with Gasteiger partial charge in [0, 0.05) is 32.7 Å². The van der Waals surface area contributed by atoms with E-state index in [2.05, 4.69) is 14.9 Å². The van der Waals surface area contributed by atoms with Crippen LogP contribution in [0.4, 0.5) is 10.1 Å². The molecule has 0 bridgehead atoms. The Hall–Kier alpha value is -0.890. The zero-order valence-electron chi connectivity index (χ0n) is 10.9. The Balaban J connectivity index is 1.94. The maximum atomic E-state index is 13.1. The molecule has 2 rings (SSSR count). The normalized spacial score (nSPS) is 17.1. The number of hydrogen-bond acceptors (Lipinski definition) is 4. The minimum atomic E-state index is -3.54. The van der Waals surface area contributed by atoms with Crippen LogP contribution in [0.5, 0.6) is 0 Å². The number of halogens is 2. The van der Waals surface area contributed by atoms with E-state index >= 15 is 0 Å². The average molecular weight is 322 g/mol. The summed E-state index contributed by atoms with van der Waals surface area (Å²) in [5.74, 6) is -0.575. The molecule has 1 aromatic rings. The number of hydrogen-bond donors (Lipinski definition) is 2. The minimum absolute atomic E-state index is 0.0418. The summed E-state index contributed by atoms with van der Waals surface area (Å²) in [5.41, 5.74) is 0.0759. The number of piperazine rings is 1. The molecule has 0 aliphatic carbocycles. The van der Waals surface area contributed by atoms with E-state index in [0.717, 1.165) is 32.2 Å². The van der Waals surface area contributed by atoms with Crippen LogP contribution in [0.3, 0.4) is 0 Å². The van der Waals surface area contributed by atoms with E-state index in [1.54, 1.807) is 0 Å². The second-order valence-electron chi connectivity index (χ2n) is 4.64. The summed E-state index contributed by atoms with van der Waals surface area (Å²) >= 11 is 5.84. The van der Waals surface area contributed by atoms with Crippen molar-refractivity contribution in [2.75, 3.05) is 43.2 Å². The summed E-state index contributed by atoms with van der Waals surface area (Å²) in [7, 11) is -3.54. The molecule has 2 N–H and O–H groups in total. The molecule has 0 atom stereocenters. The van der Waals surface area contributed by atoms with E-state index in [1.165, 1.54) is 12.1 Å². The van der Waals surface area contributed by atoms with Gasteiger partial charge in [-0.25, -0.2) is 12.8 Å². The maximum Gasteiger partial charge on any atom is 0.234 e. The van der Waals surface area contributed by atoms with E-state index in [1.807, 2.05) is 0 Å². The van der Waals surface area contributed by atoms with E-state index in [-0.39, 0.29) is 16.5 Å². The van der Waals surface area contributed by atoms with Gasteiger partial charge >= 0.3 is 0 Å². The molecule has 1 saturated heterocycles. The van der Waals surface area contributed by atoms with Gasteiger partial charge in [-0.05, 0) is 18.2 Å². The number of rotatable bonds is 5. The molecule has 0 radical (unpaired) electrons. The smallest absolute Gasteiger partial charge is 0.234 e. The summed E-state index contributed by atoms with van der Waals surface area (Å²) in [5, 5.41) is 3.38. The molecule has 1 heterocycles. The lowest BCUT2D eigenvalue weighted by Gasteiger charge is -2.26. The van der Waals surface area contributed by atoms with Crippen LogP contribution in [0.1, 0.15) is 0 Å². The molecule has 0 saturated carbocycles. The Morgan fingerprint density at radius 2 is 2.05 bits per heavy atom. The van der Waals surface area contributed by atoms with Gasteiger partial charge in [-0.1, -0.05) is 11.6 Å². The van der Waals surface area contributed by atoms with Gasteiger partial charge in [0.05, 0.1) is 16.5 Å². The van der Waals surface area contributed by atoms with Crippen LogP contribution in [-0.2, 0) is 10.0 Å². The summed E-state index contributed by atoms with van der Waals surface area (Å²) in [6.45, 7) is 3.84. The molecule has 0 aromatic heterocycles. The maximum absolute atomic E-state index is 13.1. The van der Waals surface area contributed by atoms with Crippen LogP contribution in [0.15, 0.2) is 18.2 Å². The molecule has 1 aliphatic heterocycles. The third kappa shape index (κ3) is 4.59. The number of nitrogens with zero attached hydrogens (tertiary/aromatic N) is 1. The van der Waals surface area contributed by atoms with Crippen LogP contribution in [0.2, 0.25) is 5.02 Å². The van der Waals surface area contributed by atoms with Gasteiger partial charge in [0.1, 0.15) is 5.82 Å². The first-order chi connectivity index (χ1) is 9.46. The van der Waals surface area contributed by atoms with Crippen molar-refractivity contribution in [3.8, 4) is 0 Å². The quantitative estimate of drug-likeness (QED) is 0.853. The van der Waals surface area contributed by atoms with Gasteiger partial charge in [-0.2, -0.15) is 0 Å². The summed E-state index contributed by atoms with van der Waals surface area (Å²) in [6.07, 6.45) is 0. The molecule has 8 heteroatoms. The lowest BCUT2D eigenvalue weighted by molar-refractivity contribution is 0.254. The van der Waals surface area contributed by atoms with Gasteiger partial charge in [0.15, 0.2) is 0 Å². The summed E-state index contributed by atoms with van der Waals surface area (Å²) in [4.78, 5) is 2.07. The minimum Gasteiger partial charge on any atom is -0.314 e. The van der Waals surface area contributed by atoms with Crippen LogP contribution in [0, 0.1) is 5.82 Å². The van der Waals surface area contributed by atoms with E-state index in [0.29, 0.717) is 6.54 Å². The Kier molecular flexibility index (Phi) is 5.20. The van der Waals surface area contributed by atoms with Crippen molar-refractivity contribution < 1.29 is 12.8 Å². The molecule has 1 fully saturated rings. The second-order valence-corrected chi connectivity index (χ2v) is 6.89. The molecule has 20 heavy (non-hydrogen) atoms. The Labute approximate surface area is 123 Å². The van der Waals surface area contributed by atoms with Crippen molar-refractivity contribution in [2.45, 2.75) is 0 Å². The number of anilines is 1. The van der Waals surface area contributed by atoms with Crippen molar-refractivity contribution in [3.63, 3.8) is 0 Å². The average Bonchev–Trinajstić information content (AvgIpc) is 2.42. The third-order valence-electron chi connectivity index (χ3n) is 3.08. The monoisotopic (exact) mass is 321 g/mol. The molecule has 1 aromatic carbocycles. The van der Waals surface area contributed by atoms with Crippen molar-refractivity contribution in [1.29, 1.82) is 0 Å². The predicted octanol–water partition coefficient (Wildman–Crippen LogP) is 1.13.